The maximum absolute atomic E-state index is 12.7. The van der Waals surface area contributed by atoms with Gasteiger partial charge >= 0.3 is 0 Å². The van der Waals surface area contributed by atoms with Gasteiger partial charge in [-0.3, -0.25) is 9.69 Å². The molecule has 0 unspecified atom stereocenters. The predicted molar refractivity (Wildman–Crippen MR) is 170 cm³/mol. The van der Waals surface area contributed by atoms with Crippen molar-refractivity contribution in [2.24, 2.45) is 11.3 Å². The Morgan fingerprint density at radius 1 is 1.02 bits per heavy atom. The van der Waals surface area contributed by atoms with Crippen molar-refractivity contribution in [3.8, 4) is 22.4 Å². The number of amides is 1. The van der Waals surface area contributed by atoms with Gasteiger partial charge in [-0.1, -0.05) is 48.5 Å². The summed E-state index contributed by atoms with van der Waals surface area (Å²) in [6.07, 6.45) is 6.53. The van der Waals surface area contributed by atoms with Crippen LogP contribution in [0.5, 0.6) is 0 Å². The quantitative estimate of drug-likeness (QED) is 0.283. The molecule has 8 rings (SSSR count). The smallest absolute Gasteiger partial charge is 0.220 e. The first-order valence-electron chi connectivity index (χ1n) is 15.9. The number of β-amino-alcohol motifs (C(OH)–C–C–N with tert-alkyl or cyclic N) is 1. The second-order valence-electron chi connectivity index (χ2n) is 12.9. The highest BCUT2D eigenvalue weighted by Crippen LogP contribution is 2.60. The summed E-state index contributed by atoms with van der Waals surface area (Å²) >= 11 is 0. The molecule has 3 saturated carbocycles. The van der Waals surface area contributed by atoms with Gasteiger partial charge < -0.3 is 15.3 Å². The van der Waals surface area contributed by atoms with E-state index in [-0.39, 0.29) is 12.5 Å². The molecular weight excluding hydrogens is 536 g/mol. The molecule has 0 radical (unpaired) electrons. The third kappa shape index (κ3) is 5.66. The van der Waals surface area contributed by atoms with Gasteiger partial charge in [0, 0.05) is 62.9 Å². The van der Waals surface area contributed by atoms with Crippen molar-refractivity contribution in [2.45, 2.75) is 45.4 Å². The molecule has 43 heavy (non-hydrogen) atoms. The number of hydrogen-bond acceptors (Lipinski definition) is 6. The summed E-state index contributed by atoms with van der Waals surface area (Å²) in [5.74, 6) is 2.13. The topological polar surface area (TPSA) is 86.0 Å². The summed E-state index contributed by atoms with van der Waals surface area (Å²) in [6.45, 7) is 7.12. The second kappa shape index (κ2) is 11.7. The standard InChI is InChI=1S/C35H42N6O2/c1-25-33(28-7-3-2-4-8-28)34-37-30(21-32(41(34)38-25)40-16-14-39(15-17-40)18-19-42)29-9-5-6-26(20-29)11-13-36-31(43)24-35-12-10-27(22-35)23-35/h2-9,20-21,27,42H,10-19,22-24H2,1H3,(H,36,43). The normalized spacial score (nSPS) is 21.7. The van der Waals surface area contributed by atoms with E-state index in [4.69, 9.17) is 10.1 Å². The van der Waals surface area contributed by atoms with Crippen LogP contribution < -0.4 is 10.2 Å². The molecule has 4 fully saturated rings. The molecule has 3 heterocycles. The van der Waals surface area contributed by atoms with Crippen LogP contribution in [-0.2, 0) is 11.2 Å². The summed E-state index contributed by atoms with van der Waals surface area (Å²) in [4.78, 5) is 22.6. The Hall–Kier alpha value is -3.75. The lowest BCUT2D eigenvalue weighted by molar-refractivity contribution is -0.124. The van der Waals surface area contributed by atoms with Gasteiger partial charge in [0.2, 0.25) is 5.91 Å². The molecule has 2 N–H and O–H groups in total. The number of aryl methyl sites for hydroxylation is 1. The Labute approximate surface area is 253 Å². The molecule has 1 saturated heterocycles. The van der Waals surface area contributed by atoms with Gasteiger partial charge in [0.15, 0.2) is 5.65 Å². The molecule has 0 spiro atoms. The van der Waals surface area contributed by atoms with Crippen molar-refractivity contribution in [3.05, 3.63) is 71.9 Å². The molecule has 1 amide bonds. The molecule has 8 nitrogen and oxygen atoms in total. The number of nitrogens with zero attached hydrogens (tertiary/aromatic N) is 5. The molecule has 8 heteroatoms. The molecule has 2 aromatic heterocycles. The van der Waals surface area contributed by atoms with Gasteiger partial charge in [-0.05, 0) is 67.6 Å². The maximum atomic E-state index is 12.7. The van der Waals surface area contributed by atoms with E-state index in [2.05, 4.69) is 76.6 Å². The highest BCUT2D eigenvalue weighted by atomic mass is 16.3. The first-order chi connectivity index (χ1) is 21.0. The zero-order valence-corrected chi connectivity index (χ0v) is 25.1. The summed E-state index contributed by atoms with van der Waals surface area (Å²) in [6, 6.07) is 21.1. The number of anilines is 1. The van der Waals surface area contributed by atoms with Crippen LogP contribution >= 0.6 is 0 Å². The fourth-order valence-corrected chi connectivity index (χ4v) is 7.72. The minimum Gasteiger partial charge on any atom is -0.395 e. The lowest BCUT2D eigenvalue weighted by Gasteiger charge is -2.37. The Kier molecular flexibility index (Phi) is 7.65. The zero-order valence-electron chi connectivity index (χ0n) is 25.1. The number of benzene rings is 2. The highest BCUT2D eigenvalue weighted by molar-refractivity contribution is 5.83. The molecule has 2 aromatic carbocycles. The third-order valence-electron chi connectivity index (χ3n) is 9.94. The fourth-order valence-electron chi connectivity index (χ4n) is 7.72. The van der Waals surface area contributed by atoms with Crippen LogP contribution in [-0.4, -0.2) is 76.4 Å². The number of aromatic nitrogens is 3. The van der Waals surface area contributed by atoms with Crippen LogP contribution in [0.2, 0.25) is 0 Å². The lowest BCUT2D eigenvalue weighted by atomic mass is 9.67. The van der Waals surface area contributed by atoms with Crippen molar-refractivity contribution >= 4 is 17.4 Å². The fraction of sp³-hybridized carbons (Fsp3) is 0.457. The summed E-state index contributed by atoms with van der Waals surface area (Å²) < 4.78 is 2.01. The molecule has 0 atom stereocenters. The number of nitrogens with one attached hydrogen (secondary N) is 1. The number of piperazine rings is 1. The average molecular weight is 579 g/mol. The summed E-state index contributed by atoms with van der Waals surface area (Å²) in [5, 5.41) is 17.6. The monoisotopic (exact) mass is 578 g/mol. The van der Waals surface area contributed by atoms with E-state index < -0.39 is 0 Å². The second-order valence-corrected chi connectivity index (χ2v) is 12.9. The lowest BCUT2D eigenvalue weighted by Crippen LogP contribution is -2.47. The van der Waals surface area contributed by atoms with E-state index in [9.17, 15) is 9.90 Å². The summed E-state index contributed by atoms with van der Waals surface area (Å²) in [5.41, 5.74) is 7.46. The molecule has 224 valence electrons. The number of carbonyl (C=O) groups excluding carboxylic acids is 1. The summed E-state index contributed by atoms with van der Waals surface area (Å²) in [7, 11) is 0. The molecule has 3 aliphatic carbocycles. The third-order valence-corrected chi connectivity index (χ3v) is 9.94. The Balaban J connectivity index is 1.16. The molecular formula is C35H42N6O2. The minimum atomic E-state index is 0.184. The number of aliphatic hydroxyl groups is 1. The number of carbonyl (C=O) groups is 1. The number of fused-ring (bicyclic) bond motifs is 2. The van der Waals surface area contributed by atoms with E-state index in [1.807, 2.05) is 10.6 Å². The van der Waals surface area contributed by atoms with Crippen LogP contribution in [0.15, 0.2) is 60.7 Å². The molecule has 2 bridgehead atoms. The first-order valence-corrected chi connectivity index (χ1v) is 15.9. The van der Waals surface area contributed by atoms with E-state index in [1.54, 1.807) is 0 Å². The van der Waals surface area contributed by atoms with Crippen LogP contribution in [0, 0.1) is 18.3 Å². The molecule has 4 aromatic rings. The maximum Gasteiger partial charge on any atom is 0.220 e. The van der Waals surface area contributed by atoms with Crippen LogP contribution in [0.1, 0.15) is 43.4 Å². The molecule has 1 aliphatic heterocycles. The van der Waals surface area contributed by atoms with E-state index in [0.29, 0.717) is 24.9 Å². The Morgan fingerprint density at radius 2 is 1.81 bits per heavy atom. The van der Waals surface area contributed by atoms with Crippen LogP contribution in [0.4, 0.5) is 5.82 Å². The van der Waals surface area contributed by atoms with Crippen LogP contribution in [0.25, 0.3) is 28.0 Å². The number of hydrogen-bond donors (Lipinski definition) is 2. The number of aliphatic hydroxyl groups excluding tert-OH is 1. The Bertz CT molecular complexity index is 1600. The highest BCUT2D eigenvalue weighted by Gasteiger charge is 2.50. The van der Waals surface area contributed by atoms with Crippen molar-refractivity contribution in [1.82, 2.24) is 24.8 Å². The van der Waals surface area contributed by atoms with Gasteiger partial charge in [0.05, 0.1) is 18.0 Å². The van der Waals surface area contributed by atoms with E-state index in [0.717, 1.165) is 78.1 Å². The van der Waals surface area contributed by atoms with Crippen LogP contribution in [0.3, 0.4) is 0 Å². The van der Waals surface area contributed by atoms with Gasteiger partial charge in [-0.25, -0.2) is 4.98 Å². The predicted octanol–water partition coefficient (Wildman–Crippen LogP) is 4.73. The van der Waals surface area contributed by atoms with E-state index >= 15 is 0 Å². The average Bonchev–Trinajstić information content (AvgIpc) is 3.70. The number of rotatable bonds is 10. The SMILES string of the molecule is Cc1nn2c(N3CCN(CCO)CC3)cc(-c3cccc(CCNC(=O)CC45CCC(C4)C5)c3)nc2c1-c1ccccc1. The first kappa shape index (κ1) is 28.0. The molecule has 4 aliphatic rings. The van der Waals surface area contributed by atoms with Gasteiger partial charge in [-0.2, -0.15) is 9.61 Å². The largest absolute Gasteiger partial charge is 0.395 e. The Morgan fingerprint density at radius 3 is 2.56 bits per heavy atom. The van der Waals surface area contributed by atoms with Gasteiger partial charge in [-0.15, -0.1) is 0 Å². The van der Waals surface area contributed by atoms with Crippen molar-refractivity contribution in [1.29, 1.82) is 0 Å². The minimum absolute atomic E-state index is 0.184. The van der Waals surface area contributed by atoms with Crippen molar-refractivity contribution in [3.63, 3.8) is 0 Å². The van der Waals surface area contributed by atoms with E-state index in [1.165, 1.54) is 31.2 Å². The van der Waals surface area contributed by atoms with Gasteiger partial charge in [0.1, 0.15) is 5.82 Å². The van der Waals surface area contributed by atoms with Crippen molar-refractivity contribution in [2.75, 3.05) is 50.8 Å². The van der Waals surface area contributed by atoms with Gasteiger partial charge in [0.25, 0.3) is 0 Å². The zero-order chi connectivity index (χ0) is 29.4. The van der Waals surface area contributed by atoms with Crippen molar-refractivity contribution < 1.29 is 9.90 Å².